The Balaban J connectivity index is 2.87. The van der Waals surface area contributed by atoms with E-state index in [4.69, 9.17) is 9.47 Å². The monoisotopic (exact) mass is 280 g/mol. The van der Waals surface area contributed by atoms with Crippen molar-refractivity contribution in [3.8, 4) is 5.75 Å². The molecule has 0 aliphatic rings. The Kier molecular flexibility index (Phi) is 7.59. The lowest BCUT2D eigenvalue weighted by molar-refractivity contribution is 0.158. The van der Waals surface area contributed by atoms with E-state index in [0.29, 0.717) is 12.6 Å². The number of hydrogen-bond donors (Lipinski definition) is 1. The van der Waals surface area contributed by atoms with Crippen molar-refractivity contribution in [3.05, 3.63) is 29.3 Å². The van der Waals surface area contributed by atoms with Gasteiger partial charge in [-0.05, 0) is 45.6 Å². The van der Waals surface area contributed by atoms with E-state index in [2.05, 4.69) is 42.4 Å². The molecule has 1 aromatic carbocycles. The predicted octanol–water partition coefficient (Wildman–Crippen LogP) is 2.44. The molecule has 0 aliphatic carbocycles. The fourth-order valence-corrected chi connectivity index (χ4v) is 2.07. The number of rotatable bonds is 9. The van der Waals surface area contributed by atoms with Crippen LogP contribution >= 0.6 is 0 Å². The van der Waals surface area contributed by atoms with E-state index in [1.54, 1.807) is 7.11 Å². The Morgan fingerprint density at radius 2 is 2.10 bits per heavy atom. The van der Waals surface area contributed by atoms with Gasteiger partial charge in [0.15, 0.2) is 0 Å². The van der Waals surface area contributed by atoms with Crippen LogP contribution in [0.15, 0.2) is 18.2 Å². The van der Waals surface area contributed by atoms with Crippen LogP contribution in [0.3, 0.4) is 0 Å². The topological polar surface area (TPSA) is 33.7 Å². The van der Waals surface area contributed by atoms with Gasteiger partial charge in [0.2, 0.25) is 0 Å². The lowest BCUT2D eigenvalue weighted by Crippen LogP contribution is -2.23. The van der Waals surface area contributed by atoms with E-state index in [1.165, 1.54) is 11.1 Å². The molecule has 1 rings (SSSR count). The molecule has 0 fully saturated rings. The molecule has 114 valence electrons. The van der Waals surface area contributed by atoms with Crippen molar-refractivity contribution >= 4 is 0 Å². The Bertz CT molecular complexity index is 396. The zero-order chi connectivity index (χ0) is 15.0. The minimum Gasteiger partial charge on any atom is -0.494 e. The SMILES string of the molecule is CCOc1ccc(C(C)NC)cc1CN(C)CCOC. The third-order valence-corrected chi connectivity index (χ3v) is 3.43. The fraction of sp³-hybridized carbons (Fsp3) is 0.625. The number of nitrogens with zero attached hydrogens (tertiary/aromatic N) is 1. The van der Waals surface area contributed by atoms with Crippen molar-refractivity contribution in [2.24, 2.45) is 0 Å². The van der Waals surface area contributed by atoms with Gasteiger partial charge in [-0.3, -0.25) is 4.90 Å². The molecule has 0 heterocycles. The minimum absolute atomic E-state index is 0.341. The second-order valence-corrected chi connectivity index (χ2v) is 5.04. The van der Waals surface area contributed by atoms with Crippen molar-refractivity contribution in [1.82, 2.24) is 10.2 Å². The molecule has 1 unspecified atom stereocenters. The van der Waals surface area contributed by atoms with Gasteiger partial charge in [0.25, 0.3) is 0 Å². The van der Waals surface area contributed by atoms with Gasteiger partial charge < -0.3 is 14.8 Å². The van der Waals surface area contributed by atoms with Crippen LogP contribution in [0.4, 0.5) is 0 Å². The number of benzene rings is 1. The van der Waals surface area contributed by atoms with Crippen LogP contribution in [0.1, 0.15) is 31.0 Å². The summed E-state index contributed by atoms with van der Waals surface area (Å²) in [4.78, 5) is 2.25. The minimum atomic E-state index is 0.341. The van der Waals surface area contributed by atoms with Crippen LogP contribution < -0.4 is 10.1 Å². The Morgan fingerprint density at radius 1 is 1.35 bits per heavy atom. The molecule has 1 atom stereocenters. The highest BCUT2D eigenvalue weighted by Crippen LogP contribution is 2.24. The molecule has 1 aromatic rings. The maximum absolute atomic E-state index is 5.73. The first-order valence-electron chi connectivity index (χ1n) is 7.22. The van der Waals surface area contributed by atoms with Crippen LogP contribution in [0.2, 0.25) is 0 Å². The highest BCUT2D eigenvalue weighted by atomic mass is 16.5. The molecule has 0 aliphatic heterocycles. The first-order chi connectivity index (χ1) is 9.62. The summed E-state index contributed by atoms with van der Waals surface area (Å²) in [5, 5.41) is 3.27. The van der Waals surface area contributed by atoms with Crippen molar-refractivity contribution in [3.63, 3.8) is 0 Å². The van der Waals surface area contributed by atoms with Gasteiger partial charge in [0.05, 0.1) is 13.2 Å². The molecule has 0 aromatic heterocycles. The summed E-state index contributed by atoms with van der Waals surface area (Å²) in [5.41, 5.74) is 2.51. The van der Waals surface area contributed by atoms with Gasteiger partial charge in [-0.25, -0.2) is 0 Å². The lowest BCUT2D eigenvalue weighted by Gasteiger charge is -2.20. The van der Waals surface area contributed by atoms with Crippen LogP contribution in [0.5, 0.6) is 5.75 Å². The molecule has 0 saturated carbocycles. The molecule has 0 spiro atoms. The quantitative estimate of drug-likeness (QED) is 0.753. The molecule has 20 heavy (non-hydrogen) atoms. The van der Waals surface area contributed by atoms with Crippen molar-refractivity contribution in [2.75, 3.05) is 41.0 Å². The van der Waals surface area contributed by atoms with Crippen LogP contribution in [-0.4, -0.2) is 45.9 Å². The number of likely N-dealkylation sites (N-methyl/N-ethyl adjacent to an activating group) is 1. The predicted molar refractivity (Wildman–Crippen MR) is 83.3 cm³/mol. The average molecular weight is 280 g/mol. The van der Waals surface area contributed by atoms with E-state index < -0.39 is 0 Å². The van der Waals surface area contributed by atoms with Gasteiger partial charge in [-0.1, -0.05) is 6.07 Å². The number of hydrogen-bond acceptors (Lipinski definition) is 4. The Morgan fingerprint density at radius 3 is 2.70 bits per heavy atom. The zero-order valence-electron chi connectivity index (χ0n) is 13.4. The standard InChI is InChI=1S/C16H28N2O2/c1-6-20-16-8-7-14(13(2)17-3)11-15(16)12-18(4)9-10-19-5/h7-8,11,13,17H,6,9-10,12H2,1-5H3. The smallest absolute Gasteiger partial charge is 0.123 e. The van der Waals surface area contributed by atoms with Gasteiger partial charge in [-0.15, -0.1) is 0 Å². The Labute approximate surface area is 123 Å². The van der Waals surface area contributed by atoms with E-state index in [9.17, 15) is 0 Å². The molecule has 0 bridgehead atoms. The van der Waals surface area contributed by atoms with E-state index in [0.717, 1.165) is 25.4 Å². The van der Waals surface area contributed by atoms with Crippen LogP contribution in [0, 0.1) is 0 Å². The first kappa shape index (κ1) is 17.0. The highest BCUT2D eigenvalue weighted by Gasteiger charge is 2.10. The van der Waals surface area contributed by atoms with Crippen molar-refractivity contribution in [1.29, 1.82) is 0 Å². The molecular formula is C16H28N2O2. The van der Waals surface area contributed by atoms with E-state index >= 15 is 0 Å². The summed E-state index contributed by atoms with van der Waals surface area (Å²) < 4.78 is 10.9. The van der Waals surface area contributed by atoms with Gasteiger partial charge in [-0.2, -0.15) is 0 Å². The molecule has 0 amide bonds. The van der Waals surface area contributed by atoms with Gasteiger partial charge in [0, 0.05) is 31.8 Å². The summed E-state index contributed by atoms with van der Waals surface area (Å²) in [6, 6.07) is 6.78. The first-order valence-corrected chi connectivity index (χ1v) is 7.22. The normalized spacial score (nSPS) is 12.7. The summed E-state index contributed by atoms with van der Waals surface area (Å²) in [6.07, 6.45) is 0. The van der Waals surface area contributed by atoms with Crippen LogP contribution in [0.25, 0.3) is 0 Å². The van der Waals surface area contributed by atoms with Crippen molar-refractivity contribution < 1.29 is 9.47 Å². The molecule has 4 heteroatoms. The number of methoxy groups -OCH3 is 1. The van der Waals surface area contributed by atoms with E-state index in [1.807, 2.05) is 14.0 Å². The third kappa shape index (κ3) is 5.12. The largest absolute Gasteiger partial charge is 0.494 e. The second kappa shape index (κ2) is 8.95. The maximum atomic E-state index is 5.73. The summed E-state index contributed by atoms with van der Waals surface area (Å²) >= 11 is 0. The van der Waals surface area contributed by atoms with Crippen molar-refractivity contribution in [2.45, 2.75) is 26.4 Å². The second-order valence-electron chi connectivity index (χ2n) is 5.04. The average Bonchev–Trinajstić information content (AvgIpc) is 2.46. The highest BCUT2D eigenvalue weighted by molar-refractivity contribution is 5.38. The molecule has 0 saturated heterocycles. The third-order valence-electron chi connectivity index (χ3n) is 3.43. The lowest BCUT2D eigenvalue weighted by atomic mass is 10.0. The van der Waals surface area contributed by atoms with Gasteiger partial charge >= 0.3 is 0 Å². The molecular weight excluding hydrogens is 252 g/mol. The molecule has 4 nitrogen and oxygen atoms in total. The summed E-state index contributed by atoms with van der Waals surface area (Å²) in [5.74, 6) is 0.976. The zero-order valence-corrected chi connectivity index (χ0v) is 13.4. The van der Waals surface area contributed by atoms with Crippen LogP contribution in [-0.2, 0) is 11.3 Å². The summed E-state index contributed by atoms with van der Waals surface area (Å²) in [6.45, 7) is 7.39. The van der Waals surface area contributed by atoms with Gasteiger partial charge in [0.1, 0.15) is 5.75 Å². The number of ether oxygens (including phenoxy) is 2. The Hall–Kier alpha value is -1.10. The molecule has 0 radical (unpaired) electrons. The number of nitrogens with one attached hydrogen (secondary N) is 1. The maximum Gasteiger partial charge on any atom is 0.123 e. The summed E-state index contributed by atoms with van der Waals surface area (Å²) in [7, 11) is 5.81. The molecule has 1 N–H and O–H groups in total. The van der Waals surface area contributed by atoms with E-state index in [-0.39, 0.29) is 0 Å². The fourth-order valence-electron chi connectivity index (χ4n) is 2.07.